The number of rotatable bonds is 5. The quantitative estimate of drug-likeness (QED) is 0.772. The predicted octanol–water partition coefficient (Wildman–Crippen LogP) is 0.522. The van der Waals surface area contributed by atoms with Gasteiger partial charge in [0.25, 0.3) is 0 Å². The molecule has 1 aromatic carbocycles. The molecule has 20 heavy (non-hydrogen) atoms. The number of hydrogen-bond acceptors (Lipinski definition) is 5. The Bertz CT molecular complexity index is 481. The molecule has 0 aliphatic carbocycles. The van der Waals surface area contributed by atoms with Gasteiger partial charge in [0.15, 0.2) is 0 Å². The van der Waals surface area contributed by atoms with Crippen LogP contribution in [0.2, 0.25) is 0 Å². The van der Waals surface area contributed by atoms with E-state index in [1.807, 2.05) is 18.2 Å². The van der Waals surface area contributed by atoms with E-state index in [0.29, 0.717) is 24.0 Å². The fourth-order valence-corrected chi connectivity index (χ4v) is 2.51. The lowest BCUT2D eigenvalue weighted by atomic mass is 10.1. The second-order valence-electron chi connectivity index (χ2n) is 4.78. The summed E-state index contributed by atoms with van der Waals surface area (Å²) in [6.45, 7) is 2.91. The van der Waals surface area contributed by atoms with Crippen LogP contribution < -0.4 is 10.5 Å². The number of aliphatic hydroxyl groups is 1. The van der Waals surface area contributed by atoms with Gasteiger partial charge in [-0.25, -0.2) is 0 Å². The second kappa shape index (κ2) is 6.99. The summed E-state index contributed by atoms with van der Waals surface area (Å²) < 4.78 is 10.7. The lowest BCUT2D eigenvalue weighted by Gasteiger charge is -2.34. The fraction of sp³-hybridized carbons (Fsp3) is 0.500. The van der Waals surface area contributed by atoms with Crippen LogP contribution in [0.3, 0.4) is 0 Å². The molecule has 1 fully saturated rings. The van der Waals surface area contributed by atoms with Crippen LogP contribution in [0.5, 0.6) is 5.75 Å². The van der Waals surface area contributed by atoms with Crippen molar-refractivity contribution in [3.8, 4) is 5.75 Å². The van der Waals surface area contributed by atoms with Crippen molar-refractivity contribution in [1.29, 1.82) is 0 Å². The van der Waals surface area contributed by atoms with E-state index in [0.717, 1.165) is 24.2 Å². The Morgan fingerprint density at radius 2 is 2.40 bits per heavy atom. The van der Waals surface area contributed by atoms with Crippen molar-refractivity contribution in [3.05, 3.63) is 29.3 Å². The summed E-state index contributed by atoms with van der Waals surface area (Å²) >= 11 is 5.00. The minimum Gasteiger partial charge on any atom is -0.496 e. The number of ether oxygens (including phenoxy) is 2. The van der Waals surface area contributed by atoms with Crippen LogP contribution in [0.15, 0.2) is 18.2 Å². The van der Waals surface area contributed by atoms with Crippen molar-refractivity contribution in [2.45, 2.75) is 12.6 Å². The first kappa shape index (κ1) is 15.2. The van der Waals surface area contributed by atoms with E-state index in [1.54, 1.807) is 7.11 Å². The number of nitrogens with two attached hydrogens (primary N) is 1. The Hall–Kier alpha value is -1.21. The molecule has 1 aromatic rings. The zero-order valence-electron chi connectivity index (χ0n) is 11.5. The molecule has 0 bridgehead atoms. The van der Waals surface area contributed by atoms with Crippen LogP contribution in [0, 0.1) is 0 Å². The summed E-state index contributed by atoms with van der Waals surface area (Å²) in [5.41, 5.74) is 7.50. The van der Waals surface area contributed by atoms with E-state index in [2.05, 4.69) is 4.90 Å². The summed E-state index contributed by atoms with van der Waals surface area (Å²) in [5, 5.41) is 9.38. The predicted molar refractivity (Wildman–Crippen MR) is 81.0 cm³/mol. The van der Waals surface area contributed by atoms with Gasteiger partial charge in [0.2, 0.25) is 0 Å². The van der Waals surface area contributed by atoms with Crippen LogP contribution in [0.4, 0.5) is 0 Å². The summed E-state index contributed by atoms with van der Waals surface area (Å²) in [6, 6.07) is 5.86. The lowest BCUT2D eigenvalue weighted by Crippen LogP contribution is -2.46. The summed E-state index contributed by atoms with van der Waals surface area (Å²) in [4.78, 5) is 2.53. The van der Waals surface area contributed by atoms with Gasteiger partial charge >= 0.3 is 0 Å². The minimum absolute atomic E-state index is 0.0463. The highest BCUT2D eigenvalue weighted by atomic mass is 32.1. The van der Waals surface area contributed by atoms with Crippen LogP contribution in [0.1, 0.15) is 11.1 Å². The van der Waals surface area contributed by atoms with Crippen molar-refractivity contribution in [2.24, 2.45) is 5.73 Å². The minimum atomic E-state index is 0.0463. The Morgan fingerprint density at radius 1 is 1.60 bits per heavy atom. The highest BCUT2D eigenvalue weighted by molar-refractivity contribution is 7.80. The van der Waals surface area contributed by atoms with Crippen molar-refractivity contribution < 1.29 is 14.6 Å². The van der Waals surface area contributed by atoms with E-state index in [4.69, 9.17) is 27.4 Å². The van der Waals surface area contributed by atoms with E-state index >= 15 is 0 Å². The molecular formula is C14H20N2O3S. The van der Waals surface area contributed by atoms with Gasteiger partial charge in [0, 0.05) is 13.1 Å². The largest absolute Gasteiger partial charge is 0.496 e. The monoisotopic (exact) mass is 296 g/mol. The fourth-order valence-electron chi connectivity index (χ4n) is 2.34. The summed E-state index contributed by atoms with van der Waals surface area (Å²) in [7, 11) is 1.60. The normalized spacial score (nSPS) is 19.8. The first-order valence-electron chi connectivity index (χ1n) is 6.55. The number of hydrogen-bond donors (Lipinski definition) is 2. The molecule has 2 rings (SSSR count). The molecule has 1 unspecified atom stereocenters. The third-order valence-electron chi connectivity index (χ3n) is 3.48. The Labute approximate surface area is 124 Å². The lowest BCUT2D eigenvalue weighted by molar-refractivity contribution is -0.0312. The van der Waals surface area contributed by atoms with Gasteiger partial charge in [-0.05, 0) is 17.7 Å². The maximum atomic E-state index is 9.38. The number of methoxy groups -OCH3 is 1. The third kappa shape index (κ3) is 3.46. The van der Waals surface area contributed by atoms with Crippen molar-refractivity contribution >= 4 is 17.2 Å². The third-order valence-corrected chi connectivity index (χ3v) is 3.70. The number of aliphatic hydroxyl groups excluding tert-OH is 1. The van der Waals surface area contributed by atoms with Gasteiger partial charge in [0.05, 0.1) is 38.5 Å². The number of nitrogens with zero attached hydrogens (tertiary/aromatic N) is 1. The van der Waals surface area contributed by atoms with E-state index in [9.17, 15) is 5.11 Å². The zero-order chi connectivity index (χ0) is 14.5. The highest BCUT2D eigenvalue weighted by Crippen LogP contribution is 2.22. The van der Waals surface area contributed by atoms with Crippen LogP contribution in [-0.4, -0.2) is 54.5 Å². The van der Waals surface area contributed by atoms with E-state index in [1.165, 1.54) is 0 Å². The molecule has 0 radical (unpaired) electrons. The van der Waals surface area contributed by atoms with Gasteiger partial charge in [-0.3, -0.25) is 4.90 Å². The van der Waals surface area contributed by atoms with Crippen molar-refractivity contribution in [2.75, 3.05) is 33.5 Å². The Morgan fingerprint density at radius 3 is 3.05 bits per heavy atom. The van der Waals surface area contributed by atoms with Gasteiger partial charge in [-0.15, -0.1) is 0 Å². The van der Waals surface area contributed by atoms with Gasteiger partial charge in [-0.2, -0.15) is 0 Å². The molecule has 0 amide bonds. The Balaban J connectivity index is 2.14. The van der Waals surface area contributed by atoms with Crippen LogP contribution in [0.25, 0.3) is 0 Å². The van der Waals surface area contributed by atoms with Crippen molar-refractivity contribution in [3.63, 3.8) is 0 Å². The Kier molecular flexibility index (Phi) is 5.31. The topological polar surface area (TPSA) is 68.0 Å². The average molecular weight is 296 g/mol. The van der Waals surface area contributed by atoms with E-state index in [-0.39, 0.29) is 12.6 Å². The molecule has 1 aliphatic rings. The molecule has 1 aliphatic heterocycles. The summed E-state index contributed by atoms with van der Waals surface area (Å²) in [5.74, 6) is 0.684. The number of thiocarbonyl (C=S) groups is 1. The molecule has 0 spiro atoms. The maximum absolute atomic E-state index is 9.38. The first-order chi connectivity index (χ1) is 9.65. The van der Waals surface area contributed by atoms with Gasteiger partial charge in [0.1, 0.15) is 10.7 Å². The van der Waals surface area contributed by atoms with Crippen LogP contribution >= 0.6 is 12.2 Å². The first-order valence-corrected chi connectivity index (χ1v) is 6.96. The molecule has 6 heteroatoms. The van der Waals surface area contributed by atoms with Crippen molar-refractivity contribution in [1.82, 2.24) is 4.90 Å². The molecule has 1 heterocycles. The molecule has 0 saturated carbocycles. The standard InChI is InChI=1S/C14H20N2O3S/c1-18-13-6-10(2-3-12(13)14(15)20)7-16-4-5-19-9-11(16)8-17/h2-3,6,11,17H,4-5,7-9H2,1H3,(H2,15,20). The molecule has 1 atom stereocenters. The molecule has 0 aromatic heterocycles. The maximum Gasteiger partial charge on any atom is 0.129 e. The molecular weight excluding hydrogens is 276 g/mol. The average Bonchev–Trinajstić information content (AvgIpc) is 2.47. The number of morpholine rings is 1. The smallest absolute Gasteiger partial charge is 0.129 e. The van der Waals surface area contributed by atoms with Gasteiger partial charge in [-0.1, -0.05) is 18.3 Å². The van der Waals surface area contributed by atoms with Gasteiger partial charge < -0.3 is 20.3 Å². The second-order valence-corrected chi connectivity index (χ2v) is 5.22. The molecule has 1 saturated heterocycles. The van der Waals surface area contributed by atoms with Crippen LogP contribution in [-0.2, 0) is 11.3 Å². The molecule has 3 N–H and O–H groups in total. The van der Waals surface area contributed by atoms with E-state index < -0.39 is 0 Å². The summed E-state index contributed by atoms with van der Waals surface area (Å²) in [6.07, 6.45) is 0. The highest BCUT2D eigenvalue weighted by Gasteiger charge is 2.22. The molecule has 110 valence electrons. The molecule has 5 nitrogen and oxygen atoms in total. The SMILES string of the molecule is COc1cc(CN2CCOCC2CO)ccc1C(N)=S. The number of benzene rings is 1. The zero-order valence-corrected chi connectivity index (χ0v) is 12.4.